The molecule has 0 radical (unpaired) electrons. The molecule has 0 aliphatic carbocycles. The van der Waals surface area contributed by atoms with E-state index < -0.39 is 11.9 Å². The second-order valence-corrected chi connectivity index (χ2v) is 5.66. The van der Waals surface area contributed by atoms with Gasteiger partial charge in [0.15, 0.2) is 0 Å². The van der Waals surface area contributed by atoms with Gasteiger partial charge in [-0.05, 0) is 49.5 Å². The number of likely N-dealkylation sites (N-methyl/N-ethyl adjacent to an activating group) is 1. The molecule has 0 saturated carbocycles. The molecule has 9 heteroatoms. The molecule has 0 aliphatic heterocycles. The van der Waals surface area contributed by atoms with Gasteiger partial charge >= 0.3 is 11.9 Å². The fourth-order valence-corrected chi connectivity index (χ4v) is 2.20. The molecule has 0 unspecified atom stereocenters. The third kappa shape index (κ3) is 8.93. The number of pyridine rings is 1. The molecule has 2 aromatic rings. The zero-order valence-corrected chi connectivity index (χ0v) is 16.3. The Morgan fingerprint density at radius 2 is 1.69 bits per heavy atom. The molecule has 29 heavy (non-hydrogen) atoms. The van der Waals surface area contributed by atoms with E-state index in [-0.39, 0.29) is 5.82 Å². The van der Waals surface area contributed by atoms with Crippen molar-refractivity contribution in [3.05, 3.63) is 65.7 Å². The van der Waals surface area contributed by atoms with Crippen LogP contribution in [-0.2, 0) is 14.4 Å². The predicted molar refractivity (Wildman–Crippen MR) is 105 cm³/mol. The molecular formula is C20H24FN3O5. The van der Waals surface area contributed by atoms with Crippen LogP contribution in [0.2, 0.25) is 0 Å². The average molecular weight is 405 g/mol. The number of aliphatic carboxylic acids is 2. The van der Waals surface area contributed by atoms with E-state index in [1.54, 1.807) is 24.5 Å². The summed E-state index contributed by atoms with van der Waals surface area (Å²) in [7, 11) is 0. The lowest BCUT2D eigenvalue weighted by Gasteiger charge is -2.16. The van der Waals surface area contributed by atoms with E-state index in [4.69, 9.17) is 24.6 Å². The molecule has 156 valence electrons. The summed E-state index contributed by atoms with van der Waals surface area (Å²) in [6.45, 7) is 7.53. The van der Waals surface area contributed by atoms with Crippen LogP contribution in [0, 0.1) is 5.82 Å². The fraction of sp³-hybridized carbons (Fsp3) is 0.300. The molecule has 0 bridgehead atoms. The summed E-state index contributed by atoms with van der Waals surface area (Å²) in [5.74, 6) is -3.92. The molecule has 1 aromatic heterocycles. The summed E-state index contributed by atoms with van der Waals surface area (Å²) < 4.78 is 13.1. The topological polar surface area (TPSA) is 112 Å². The van der Waals surface area contributed by atoms with Crippen LogP contribution in [0.5, 0.6) is 0 Å². The van der Waals surface area contributed by atoms with Crippen LogP contribution >= 0.6 is 0 Å². The van der Waals surface area contributed by atoms with Gasteiger partial charge in [0.1, 0.15) is 18.1 Å². The molecule has 1 heterocycles. The van der Waals surface area contributed by atoms with E-state index in [9.17, 15) is 4.39 Å². The number of benzene rings is 1. The molecule has 2 N–H and O–H groups in total. The normalized spacial score (nSPS) is 10.8. The molecule has 2 rings (SSSR count). The largest absolute Gasteiger partial charge is 0.473 e. The molecule has 1 aromatic carbocycles. The van der Waals surface area contributed by atoms with Crippen LogP contribution in [0.3, 0.4) is 0 Å². The number of carboxylic acid groups (broad SMARTS) is 2. The van der Waals surface area contributed by atoms with Crippen molar-refractivity contribution in [3.63, 3.8) is 0 Å². The van der Waals surface area contributed by atoms with Crippen molar-refractivity contribution in [2.75, 3.05) is 26.2 Å². The van der Waals surface area contributed by atoms with Crippen LogP contribution in [-0.4, -0.2) is 64.0 Å². The van der Waals surface area contributed by atoms with Crippen LogP contribution in [0.1, 0.15) is 25.0 Å². The minimum absolute atomic E-state index is 0.276. The van der Waals surface area contributed by atoms with Crippen molar-refractivity contribution in [2.45, 2.75) is 13.8 Å². The summed E-state index contributed by atoms with van der Waals surface area (Å²) in [4.78, 5) is 30.1. The van der Waals surface area contributed by atoms with E-state index in [2.05, 4.69) is 28.9 Å². The number of carbonyl (C=O) groups is 2. The maximum Gasteiger partial charge on any atom is 0.414 e. The minimum atomic E-state index is -1.82. The number of nitrogens with zero attached hydrogens (tertiary/aromatic N) is 3. The number of oxime groups is 1. The average Bonchev–Trinajstić information content (AvgIpc) is 2.73. The van der Waals surface area contributed by atoms with Crippen molar-refractivity contribution < 1.29 is 29.0 Å². The molecule has 0 amide bonds. The fourth-order valence-electron chi connectivity index (χ4n) is 2.20. The number of hydrogen-bond donors (Lipinski definition) is 2. The van der Waals surface area contributed by atoms with Crippen molar-refractivity contribution in [1.82, 2.24) is 9.88 Å². The molecule has 0 saturated heterocycles. The quantitative estimate of drug-likeness (QED) is 0.300. The Morgan fingerprint density at radius 1 is 1.07 bits per heavy atom. The first-order valence-corrected chi connectivity index (χ1v) is 8.93. The van der Waals surface area contributed by atoms with Gasteiger partial charge < -0.3 is 20.0 Å². The Labute approximate surface area is 168 Å². The smallest absolute Gasteiger partial charge is 0.414 e. The highest BCUT2D eigenvalue weighted by Crippen LogP contribution is 2.11. The van der Waals surface area contributed by atoms with Crippen LogP contribution in [0.15, 0.2) is 53.9 Å². The summed E-state index contributed by atoms with van der Waals surface area (Å²) >= 11 is 0. The molecule has 8 nitrogen and oxygen atoms in total. The van der Waals surface area contributed by atoms with Gasteiger partial charge in [0.25, 0.3) is 0 Å². The molecule has 0 spiro atoms. The maximum atomic E-state index is 13.1. The first-order valence-electron chi connectivity index (χ1n) is 8.93. The van der Waals surface area contributed by atoms with Crippen LogP contribution < -0.4 is 0 Å². The highest BCUT2D eigenvalue weighted by molar-refractivity contribution is 6.27. The lowest BCUT2D eigenvalue weighted by molar-refractivity contribution is -0.159. The SMILES string of the molecule is CCN(CC)CCON=C(c1ccc(F)cc1)c1cccnc1.O=C(O)C(=O)O. The molecular weight excluding hydrogens is 381 g/mol. The van der Waals surface area contributed by atoms with Crippen molar-refractivity contribution >= 4 is 17.7 Å². The van der Waals surface area contributed by atoms with Gasteiger partial charge in [-0.1, -0.05) is 19.0 Å². The monoisotopic (exact) mass is 405 g/mol. The lowest BCUT2D eigenvalue weighted by Crippen LogP contribution is -2.26. The van der Waals surface area contributed by atoms with Gasteiger partial charge in [0.05, 0.1) is 0 Å². The van der Waals surface area contributed by atoms with Crippen molar-refractivity contribution in [2.24, 2.45) is 5.16 Å². The van der Waals surface area contributed by atoms with Crippen LogP contribution in [0.25, 0.3) is 0 Å². The molecule has 0 atom stereocenters. The third-order valence-electron chi connectivity index (χ3n) is 3.78. The highest BCUT2D eigenvalue weighted by Gasteiger charge is 2.09. The second kappa shape index (κ2) is 12.9. The Bertz CT molecular complexity index is 782. The standard InChI is InChI=1S/C18H22FN3O.C2H2O4/c1-3-22(4-2)12-13-23-21-18(16-6-5-11-20-14-16)15-7-9-17(19)10-8-15;3-1(4)2(5)6/h5-11,14H,3-4,12-13H2,1-2H3;(H,3,4)(H,5,6). The maximum absolute atomic E-state index is 13.1. The number of rotatable bonds is 8. The van der Waals surface area contributed by atoms with Crippen LogP contribution in [0.4, 0.5) is 4.39 Å². The number of carboxylic acids is 2. The summed E-state index contributed by atoms with van der Waals surface area (Å²) in [6.07, 6.45) is 3.42. The van der Waals surface area contributed by atoms with E-state index in [0.717, 1.165) is 30.8 Å². The Kier molecular flexibility index (Phi) is 10.6. The molecule has 0 fully saturated rings. The van der Waals surface area contributed by atoms with Crippen molar-refractivity contribution in [3.8, 4) is 0 Å². The predicted octanol–water partition coefficient (Wildman–Crippen LogP) is 2.49. The Balaban J connectivity index is 0.000000612. The summed E-state index contributed by atoms with van der Waals surface area (Å²) in [5.41, 5.74) is 2.28. The van der Waals surface area contributed by atoms with E-state index in [0.29, 0.717) is 12.3 Å². The third-order valence-corrected chi connectivity index (χ3v) is 3.78. The summed E-state index contributed by atoms with van der Waals surface area (Å²) in [5, 5.41) is 19.0. The van der Waals surface area contributed by atoms with Gasteiger partial charge in [-0.2, -0.15) is 0 Å². The highest BCUT2D eigenvalue weighted by atomic mass is 19.1. The van der Waals surface area contributed by atoms with Gasteiger partial charge in [0.2, 0.25) is 0 Å². The summed E-state index contributed by atoms with van der Waals surface area (Å²) in [6, 6.07) is 9.95. The zero-order valence-electron chi connectivity index (χ0n) is 16.3. The number of aromatic nitrogens is 1. The van der Waals surface area contributed by atoms with E-state index in [1.165, 1.54) is 12.1 Å². The van der Waals surface area contributed by atoms with Crippen molar-refractivity contribution in [1.29, 1.82) is 0 Å². The van der Waals surface area contributed by atoms with Gasteiger partial charge in [-0.25, -0.2) is 14.0 Å². The van der Waals surface area contributed by atoms with Gasteiger partial charge in [-0.3, -0.25) is 4.98 Å². The zero-order chi connectivity index (χ0) is 21.6. The van der Waals surface area contributed by atoms with Gasteiger partial charge in [0, 0.05) is 30.1 Å². The Morgan fingerprint density at radius 3 is 2.17 bits per heavy atom. The number of hydrogen-bond acceptors (Lipinski definition) is 6. The Hall–Kier alpha value is -3.33. The first kappa shape index (κ1) is 23.7. The number of halogens is 1. The minimum Gasteiger partial charge on any atom is -0.473 e. The molecule has 0 aliphatic rings. The van der Waals surface area contributed by atoms with E-state index >= 15 is 0 Å². The lowest BCUT2D eigenvalue weighted by atomic mass is 10.0. The first-order chi connectivity index (χ1) is 13.9. The van der Waals surface area contributed by atoms with E-state index in [1.807, 2.05) is 12.1 Å². The van der Waals surface area contributed by atoms with Gasteiger partial charge in [-0.15, -0.1) is 0 Å². The second-order valence-electron chi connectivity index (χ2n) is 5.66.